The van der Waals surface area contributed by atoms with Crippen LogP contribution in [-0.2, 0) is 0 Å². The van der Waals surface area contributed by atoms with E-state index < -0.39 is 0 Å². The van der Waals surface area contributed by atoms with E-state index >= 15 is 0 Å². The molecule has 0 aromatic heterocycles. The second-order valence-corrected chi connectivity index (χ2v) is 4.72. The van der Waals surface area contributed by atoms with Crippen LogP contribution < -0.4 is 14.4 Å². The van der Waals surface area contributed by atoms with Crippen LogP contribution in [0.5, 0.6) is 11.5 Å². The van der Waals surface area contributed by atoms with E-state index in [-0.39, 0.29) is 12.4 Å². The van der Waals surface area contributed by atoms with Gasteiger partial charge in [-0.3, -0.25) is 0 Å². The highest BCUT2D eigenvalue weighted by Crippen LogP contribution is 2.38. The number of halogens is 1. The average molecular weight is 272 g/mol. The fraction of sp³-hybridized carbons (Fsp3) is 0.571. The van der Waals surface area contributed by atoms with Crippen molar-refractivity contribution in [2.45, 2.75) is 38.8 Å². The van der Waals surface area contributed by atoms with Gasteiger partial charge in [0.2, 0.25) is 0 Å². The van der Waals surface area contributed by atoms with Crippen LogP contribution in [-0.4, -0.2) is 26.3 Å². The first-order valence-electron chi connectivity index (χ1n) is 6.17. The Hall–Kier alpha value is -1.09. The van der Waals surface area contributed by atoms with Crippen LogP contribution in [0, 0.1) is 0 Å². The summed E-state index contributed by atoms with van der Waals surface area (Å²) in [6.45, 7) is 4.53. The maximum absolute atomic E-state index is 5.46. The van der Waals surface area contributed by atoms with Crippen molar-refractivity contribution >= 4 is 18.1 Å². The molecular weight excluding hydrogens is 250 g/mol. The summed E-state index contributed by atoms with van der Waals surface area (Å²) in [5.41, 5.74) is 1.14. The van der Waals surface area contributed by atoms with Gasteiger partial charge in [-0.1, -0.05) is 0 Å². The number of hydrogen-bond donors (Lipinski definition) is 0. The smallest absolute Gasteiger partial charge is 0.142 e. The zero-order chi connectivity index (χ0) is 12.4. The Morgan fingerprint density at radius 2 is 1.67 bits per heavy atom. The van der Waals surface area contributed by atoms with Crippen LogP contribution in [0.2, 0.25) is 0 Å². The fourth-order valence-electron chi connectivity index (χ4n) is 2.67. The molecule has 2 unspecified atom stereocenters. The first-order valence-corrected chi connectivity index (χ1v) is 6.17. The molecule has 1 heterocycles. The highest BCUT2D eigenvalue weighted by molar-refractivity contribution is 5.85. The topological polar surface area (TPSA) is 21.7 Å². The Morgan fingerprint density at radius 3 is 2.17 bits per heavy atom. The molecule has 0 radical (unpaired) electrons. The molecule has 0 amide bonds. The maximum Gasteiger partial charge on any atom is 0.142 e. The second kappa shape index (κ2) is 6.19. The van der Waals surface area contributed by atoms with Gasteiger partial charge in [0.05, 0.1) is 19.9 Å². The standard InChI is InChI=1S/C14H21NO2.ClH/c1-10-5-6-11(2)15(10)13-9-12(16-3)7-8-14(13)17-4;/h7-11H,5-6H2,1-4H3;1H. The van der Waals surface area contributed by atoms with Crippen molar-refractivity contribution < 1.29 is 9.47 Å². The van der Waals surface area contributed by atoms with E-state index in [1.165, 1.54) is 12.8 Å². The molecular formula is C14H22ClNO2. The number of methoxy groups -OCH3 is 2. The predicted octanol–water partition coefficient (Wildman–Crippen LogP) is 3.50. The highest BCUT2D eigenvalue weighted by Gasteiger charge is 2.29. The predicted molar refractivity (Wildman–Crippen MR) is 77.4 cm³/mol. The minimum atomic E-state index is 0. The average Bonchev–Trinajstić information content (AvgIpc) is 2.68. The molecule has 2 rings (SSSR count). The van der Waals surface area contributed by atoms with E-state index in [0.717, 1.165) is 17.2 Å². The quantitative estimate of drug-likeness (QED) is 0.840. The van der Waals surface area contributed by atoms with Gasteiger partial charge in [-0.25, -0.2) is 0 Å². The molecule has 0 spiro atoms. The number of ether oxygens (including phenoxy) is 2. The molecule has 1 aromatic carbocycles. The first kappa shape index (κ1) is 15.0. The SMILES string of the molecule is COc1ccc(OC)c(N2C(C)CCC2C)c1.Cl. The Morgan fingerprint density at radius 1 is 1.06 bits per heavy atom. The molecule has 4 heteroatoms. The third-order valence-corrected chi connectivity index (χ3v) is 3.62. The maximum atomic E-state index is 5.46. The Kier molecular flexibility index (Phi) is 5.15. The highest BCUT2D eigenvalue weighted by atomic mass is 35.5. The molecule has 0 bridgehead atoms. The Labute approximate surface area is 115 Å². The zero-order valence-electron chi connectivity index (χ0n) is 11.5. The minimum Gasteiger partial charge on any atom is -0.497 e. The van der Waals surface area contributed by atoms with Crippen molar-refractivity contribution in [1.29, 1.82) is 0 Å². The molecule has 0 aliphatic carbocycles. The van der Waals surface area contributed by atoms with Crippen molar-refractivity contribution in [3.63, 3.8) is 0 Å². The van der Waals surface area contributed by atoms with Gasteiger partial charge in [0.15, 0.2) is 0 Å². The third-order valence-electron chi connectivity index (χ3n) is 3.62. The van der Waals surface area contributed by atoms with Gasteiger partial charge in [0.1, 0.15) is 11.5 Å². The van der Waals surface area contributed by atoms with Crippen LogP contribution in [0.1, 0.15) is 26.7 Å². The molecule has 0 saturated carbocycles. The van der Waals surface area contributed by atoms with Crippen molar-refractivity contribution in [2.75, 3.05) is 19.1 Å². The molecule has 0 N–H and O–H groups in total. The summed E-state index contributed by atoms with van der Waals surface area (Å²) in [5, 5.41) is 0. The molecule has 1 fully saturated rings. The summed E-state index contributed by atoms with van der Waals surface area (Å²) in [6, 6.07) is 7.11. The van der Waals surface area contributed by atoms with Gasteiger partial charge in [0, 0.05) is 18.2 Å². The van der Waals surface area contributed by atoms with E-state index in [1.54, 1.807) is 14.2 Å². The van der Waals surface area contributed by atoms with Crippen LogP contribution in [0.3, 0.4) is 0 Å². The summed E-state index contributed by atoms with van der Waals surface area (Å²) in [6.07, 6.45) is 2.48. The normalized spacial score (nSPS) is 22.6. The molecule has 1 aromatic rings. The number of rotatable bonds is 3. The molecule has 3 nitrogen and oxygen atoms in total. The Bertz CT molecular complexity index is 387. The van der Waals surface area contributed by atoms with Crippen LogP contribution in [0.25, 0.3) is 0 Å². The van der Waals surface area contributed by atoms with Crippen molar-refractivity contribution in [3.8, 4) is 11.5 Å². The molecule has 102 valence electrons. The first-order chi connectivity index (χ1) is 8.17. The monoisotopic (exact) mass is 271 g/mol. The van der Waals surface area contributed by atoms with E-state index in [2.05, 4.69) is 24.8 Å². The molecule has 18 heavy (non-hydrogen) atoms. The van der Waals surface area contributed by atoms with E-state index in [0.29, 0.717) is 12.1 Å². The third kappa shape index (κ3) is 2.66. The van der Waals surface area contributed by atoms with E-state index in [1.807, 2.05) is 12.1 Å². The number of hydrogen-bond acceptors (Lipinski definition) is 3. The lowest BCUT2D eigenvalue weighted by molar-refractivity contribution is 0.402. The molecule has 1 saturated heterocycles. The summed E-state index contributed by atoms with van der Waals surface area (Å²) >= 11 is 0. The van der Waals surface area contributed by atoms with Gasteiger partial charge in [-0.15, -0.1) is 12.4 Å². The summed E-state index contributed by atoms with van der Waals surface area (Å²) in [5.74, 6) is 1.80. The van der Waals surface area contributed by atoms with Gasteiger partial charge >= 0.3 is 0 Å². The number of nitrogens with zero attached hydrogens (tertiary/aromatic N) is 1. The molecule has 1 aliphatic rings. The van der Waals surface area contributed by atoms with Gasteiger partial charge < -0.3 is 14.4 Å². The van der Waals surface area contributed by atoms with Gasteiger partial charge in [0.25, 0.3) is 0 Å². The lowest BCUT2D eigenvalue weighted by Gasteiger charge is -2.30. The van der Waals surface area contributed by atoms with Crippen molar-refractivity contribution in [3.05, 3.63) is 18.2 Å². The largest absolute Gasteiger partial charge is 0.497 e. The minimum absolute atomic E-state index is 0. The van der Waals surface area contributed by atoms with Gasteiger partial charge in [-0.2, -0.15) is 0 Å². The lowest BCUT2D eigenvalue weighted by Crippen LogP contribution is -2.32. The second-order valence-electron chi connectivity index (χ2n) is 4.72. The fourth-order valence-corrected chi connectivity index (χ4v) is 2.67. The van der Waals surface area contributed by atoms with E-state index in [4.69, 9.17) is 9.47 Å². The summed E-state index contributed by atoms with van der Waals surface area (Å²) < 4.78 is 10.8. The summed E-state index contributed by atoms with van der Waals surface area (Å²) in [7, 11) is 3.42. The lowest BCUT2D eigenvalue weighted by atomic mass is 10.2. The van der Waals surface area contributed by atoms with E-state index in [9.17, 15) is 0 Å². The number of anilines is 1. The van der Waals surface area contributed by atoms with Crippen molar-refractivity contribution in [2.24, 2.45) is 0 Å². The van der Waals surface area contributed by atoms with Crippen molar-refractivity contribution in [1.82, 2.24) is 0 Å². The number of benzene rings is 1. The van der Waals surface area contributed by atoms with Crippen LogP contribution in [0.15, 0.2) is 18.2 Å². The van der Waals surface area contributed by atoms with Gasteiger partial charge in [-0.05, 0) is 38.8 Å². The zero-order valence-corrected chi connectivity index (χ0v) is 12.3. The van der Waals surface area contributed by atoms with Crippen LogP contribution in [0.4, 0.5) is 5.69 Å². The molecule has 2 atom stereocenters. The Balaban J connectivity index is 0.00000162. The summed E-state index contributed by atoms with van der Waals surface area (Å²) in [4.78, 5) is 2.43. The molecule has 1 aliphatic heterocycles. The van der Waals surface area contributed by atoms with Crippen LogP contribution >= 0.6 is 12.4 Å².